The van der Waals surface area contributed by atoms with Crippen LogP contribution >= 0.6 is 11.8 Å². The van der Waals surface area contributed by atoms with Crippen LogP contribution in [0.5, 0.6) is 0 Å². The quantitative estimate of drug-likeness (QED) is 0.623. The summed E-state index contributed by atoms with van der Waals surface area (Å²) in [7, 11) is 0. The number of anilines is 2. The Hall–Kier alpha value is -3.13. The molecule has 1 aromatic heterocycles. The molecule has 0 radical (unpaired) electrons. The minimum Gasteiger partial charge on any atom is -0.326 e. The van der Waals surface area contributed by atoms with Gasteiger partial charge in [-0.15, -0.1) is 10.2 Å². The molecule has 0 unspecified atom stereocenters. The van der Waals surface area contributed by atoms with Gasteiger partial charge in [-0.3, -0.25) is 14.2 Å². The molecule has 1 heterocycles. The Bertz CT molecular complexity index is 998. The maximum Gasteiger partial charge on any atom is 0.234 e. The van der Waals surface area contributed by atoms with Gasteiger partial charge < -0.3 is 10.6 Å². The lowest BCUT2D eigenvalue weighted by Gasteiger charge is -2.09. The van der Waals surface area contributed by atoms with Gasteiger partial charge in [0.05, 0.1) is 5.75 Å². The van der Waals surface area contributed by atoms with E-state index >= 15 is 0 Å². The minimum atomic E-state index is -0.146. The Morgan fingerprint density at radius 3 is 2.32 bits per heavy atom. The topological polar surface area (TPSA) is 88.9 Å². The molecule has 8 heteroatoms. The molecule has 0 saturated carbocycles. The maximum absolute atomic E-state index is 12.3. The fraction of sp³-hybridized carbons (Fsp3) is 0.200. The van der Waals surface area contributed by atoms with Crippen LogP contribution in [0.25, 0.3) is 5.69 Å². The third-order valence-corrected chi connectivity index (χ3v) is 5.05. The third-order valence-electron chi connectivity index (χ3n) is 4.11. The molecule has 28 heavy (non-hydrogen) atoms. The van der Waals surface area contributed by atoms with Gasteiger partial charge in [-0.1, -0.05) is 17.8 Å². The first-order valence-corrected chi connectivity index (χ1v) is 9.69. The van der Waals surface area contributed by atoms with Crippen molar-refractivity contribution in [3.63, 3.8) is 0 Å². The van der Waals surface area contributed by atoms with Gasteiger partial charge in [0.1, 0.15) is 6.33 Å². The zero-order chi connectivity index (χ0) is 20.1. The number of aryl methyl sites for hydroxylation is 2. The molecule has 0 saturated heterocycles. The molecule has 0 aliphatic heterocycles. The van der Waals surface area contributed by atoms with Gasteiger partial charge in [0.2, 0.25) is 11.8 Å². The highest BCUT2D eigenvalue weighted by Crippen LogP contribution is 2.22. The lowest BCUT2D eigenvalue weighted by molar-refractivity contribution is -0.114. The number of hydrogen-bond donors (Lipinski definition) is 2. The van der Waals surface area contributed by atoms with Crippen LogP contribution in [0.3, 0.4) is 0 Å². The summed E-state index contributed by atoms with van der Waals surface area (Å²) in [6.45, 7) is 5.57. The second-order valence-electron chi connectivity index (χ2n) is 6.35. The number of rotatable bonds is 6. The summed E-state index contributed by atoms with van der Waals surface area (Å²) in [5, 5.41) is 14.3. The summed E-state index contributed by atoms with van der Waals surface area (Å²) in [4.78, 5) is 23.3. The largest absolute Gasteiger partial charge is 0.326 e. The molecule has 2 N–H and O–H groups in total. The van der Waals surface area contributed by atoms with E-state index in [0.717, 1.165) is 5.69 Å². The van der Waals surface area contributed by atoms with E-state index in [9.17, 15) is 9.59 Å². The number of amides is 2. The van der Waals surface area contributed by atoms with Crippen molar-refractivity contribution in [2.45, 2.75) is 25.9 Å². The minimum absolute atomic E-state index is 0.138. The van der Waals surface area contributed by atoms with Crippen LogP contribution in [-0.2, 0) is 9.59 Å². The number of thioether (sulfide) groups is 1. The van der Waals surface area contributed by atoms with E-state index in [2.05, 4.69) is 46.8 Å². The Balaban J connectivity index is 1.60. The van der Waals surface area contributed by atoms with Crippen LogP contribution in [0, 0.1) is 13.8 Å². The highest BCUT2D eigenvalue weighted by molar-refractivity contribution is 7.99. The molecule has 7 nitrogen and oxygen atoms in total. The molecule has 0 spiro atoms. The number of carbonyl (C=O) groups is 2. The number of aromatic nitrogens is 3. The number of hydrogen-bond acceptors (Lipinski definition) is 5. The van der Waals surface area contributed by atoms with E-state index in [1.54, 1.807) is 30.6 Å². The van der Waals surface area contributed by atoms with Gasteiger partial charge in [0, 0.05) is 24.0 Å². The molecule has 0 atom stereocenters. The van der Waals surface area contributed by atoms with Crippen molar-refractivity contribution in [1.29, 1.82) is 0 Å². The monoisotopic (exact) mass is 395 g/mol. The predicted octanol–water partition coefficient (Wildman–Crippen LogP) is 3.57. The molecular weight excluding hydrogens is 374 g/mol. The summed E-state index contributed by atoms with van der Waals surface area (Å²) >= 11 is 1.32. The second kappa shape index (κ2) is 8.71. The van der Waals surface area contributed by atoms with Crippen molar-refractivity contribution in [2.75, 3.05) is 16.4 Å². The lowest BCUT2D eigenvalue weighted by atomic mass is 10.1. The van der Waals surface area contributed by atoms with E-state index in [-0.39, 0.29) is 17.6 Å². The Morgan fingerprint density at radius 2 is 1.68 bits per heavy atom. The predicted molar refractivity (Wildman–Crippen MR) is 111 cm³/mol. The van der Waals surface area contributed by atoms with Crippen LogP contribution in [0.15, 0.2) is 53.9 Å². The zero-order valence-corrected chi connectivity index (χ0v) is 16.7. The molecule has 0 aliphatic carbocycles. The first-order valence-electron chi connectivity index (χ1n) is 8.70. The van der Waals surface area contributed by atoms with Gasteiger partial charge >= 0.3 is 0 Å². The highest BCUT2D eigenvalue weighted by Gasteiger charge is 2.11. The maximum atomic E-state index is 12.3. The summed E-state index contributed by atoms with van der Waals surface area (Å²) in [5.74, 6) is -0.0789. The van der Waals surface area contributed by atoms with Crippen LogP contribution in [-0.4, -0.2) is 32.3 Å². The van der Waals surface area contributed by atoms with E-state index < -0.39 is 0 Å². The number of nitrogens with zero attached hydrogens (tertiary/aromatic N) is 3. The summed E-state index contributed by atoms with van der Waals surface area (Å²) < 4.78 is 1.87. The average Bonchev–Trinajstić information content (AvgIpc) is 3.12. The highest BCUT2D eigenvalue weighted by atomic mass is 32.2. The van der Waals surface area contributed by atoms with E-state index in [1.807, 2.05) is 10.6 Å². The molecule has 2 aromatic carbocycles. The van der Waals surface area contributed by atoms with Crippen LogP contribution in [0.1, 0.15) is 18.1 Å². The third kappa shape index (κ3) is 4.98. The summed E-state index contributed by atoms with van der Waals surface area (Å²) in [6, 6.07) is 13.1. The summed E-state index contributed by atoms with van der Waals surface area (Å²) in [5.41, 5.74) is 4.71. The molecule has 0 aliphatic rings. The second-order valence-corrected chi connectivity index (χ2v) is 7.29. The smallest absolute Gasteiger partial charge is 0.234 e. The Morgan fingerprint density at radius 1 is 1.00 bits per heavy atom. The van der Waals surface area contributed by atoms with Crippen molar-refractivity contribution in [2.24, 2.45) is 0 Å². The number of carbonyl (C=O) groups excluding carboxylic acids is 2. The van der Waals surface area contributed by atoms with Crippen molar-refractivity contribution >= 4 is 35.0 Å². The van der Waals surface area contributed by atoms with Crippen molar-refractivity contribution in [3.8, 4) is 5.69 Å². The van der Waals surface area contributed by atoms with Crippen LogP contribution in [0.4, 0.5) is 11.4 Å². The summed E-state index contributed by atoms with van der Waals surface area (Å²) in [6.07, 6.45) is 1.64. The standard InChI is InChI=1S/C20H21N5O2S/c1-13-4-9-18(10-14(13)2)25-12-21-24-20(25)28-11-19(27)23-17-7-5-16(6-8-17)22-15(3)26/h4-10,12H,11H2,1-3H3,(H,22,26)(H,23,27). The number of benzene rings is 2. The van der Waals surface area contributed by atoms with Gasteiger partial charge in [0.15, 0.2) is 5.16 Å². The molecule has 0 fully saturated rings. The van der Waals surface area contributed by atoms with Crippen LogP contribution in [0.2, 0.25) is 0 Å². The lowest BCUT2D eigenvalue weighted by Crippen LogP contribution is -2.14. The SMILES string of the molecule is CC(=O)Nc1ccc(NC(=O)CSc2nncn2-c2ccc(C)c(C)c2)cc1. The zero-order valence-electron chi connectivity index (χ0n) is 15.9. The van der Waals surface area contributed by atoms with Gasteiger partial charge in [-0.25, -0.2) is 0 Å². The first kappa shape index (κ1) is 19.6. The molecule has 0 bridgehead atoms. The molecular formula is C20H21N5O2S. The molecule has 3 rings (SSSR count). The normalized spacial score (nSPS) is 10.5. The first-order chi connectivity index (χ1) is 13.4. The average molecular weight is 395 g/mol. The van der Waals surface area contributed by atoms with Gasteiger partial charge in [0.25, 0.3) is 0 Å². The molecule has 3 aromatic rings. The van der Waals surface area contributed by atoms with E-state index in [1.165, 1.54) is 29.8 Å². The van der Waals surface area contributed by atoms with E-state index in [4.69, 9.17) is 0 Å². The Labute approximate surface area is 167 Å². The van der Waals surface area contributed by atoms with Gasteiger partial charge in [-0.05, 0) is 61.4 Å². The van der Waals surface area contributed by atoms with E-state index in [0.29, 0.717) is 16.5 Å². The fourth-order valence-electron chi connectivity index (χ4n) is 2.54. The van der Waals surface area contributed by atoms with Crippen molar-refractivity contribution in [1.82, 2.24) is 14.8 Å². The van der Waals surface area contributed by atoms with Crippen molar-refractivity contribution < 1.29 is 9.59 Å². The van der Waals surface area contributed by atoms with Gasteiger partial charge in [-0.2, -0.15) is 0 Å². The fourth-order valence-corrected chi connectivity index (χ4v) is 3.27. The van der Waals surface area contributed by atoms with Crippen molar-refractivity contribution in [3.05, 3.63) is 59.9 Å². The molecule has 2 amide bonds. The Kier molecular flexibility index (Phi) is 6.10. The molecule has 144 valence electrons. The number of nitrogens with one attached hydrogen (secondary N) is 2. The van der Waals surface area contributed by atoms with Crippen LogP contribution < -0.4 is 10.6 Å².